The summed E-state index contributed by atoms with van der Waals surface area (Å²) in [6, 6.07) is 4.16. The molecule has 0 unspecified atom stereocenters. The standard InChI is InChI=1S/C12H12BrF3O2/c1-2-8-3-4-9(10(17)5-6-13)7-11(8)18-12(14,15)16/h3-4,7H,2,5-6H2,1H3. The Morgan fingerprint density at radius 3 is 2.56 bits per heavy atom. The van der Waals surface area contributed by atoms with Gasteiger partial charge in [0.2, 0.25) is 0 Å². The fourth-order valence-electron chi connectivity index (χ4n) is 1.47. The van der Waals surface area contributed by atoms with Crippen molar-refractivity contribution in [1.29, 1.82) is 0 Å². The van der Waals surface area contributed by atoms with E-state index in [-0.39, 0.29) is 23.5 Å². The number of carbonyl (C=O) groups is 1. The molecule has 0 aliphatic heterocycles. The van der Waals surface area contributed by atoms with Gasteiger partial charge in [-0.25, -0.2) is 0 Å². The molecule has 6 heteroatoms. The first-order chi connectivity index (χ1) is 8.37. The SMILES string of the molecule is CCc1ccc(C(=O)CCBr)cc1OC(F)(F)F. The molecule has 2 nitrogen and oxygen atoms in total. The molecule has 18 heavy (non-hydrogen) atoms. The maximum atomic E-state index is 12.2. The number of benzene rings is 1. The Hall–Kier alpha value is -1.04. The summed E-state index contributed by atoms with van der Waals surface area (Å²) in [5.41, 5.74) is 0.647. The van der Waals surface area contributed by atoms with Crippen LogP contribution in [0.15, 0.2) is 18.2 Å². The number of aryl methyl sites for hydroxylation is 1. The van der Waals surface area contributed by atoms with E-state index in [2.05, 4.69) is 20.7 Å². The molecule has 0 amide bonds. The van der Waals surface area contributed by atoms with Crippen molar-refractivity contribution in [2.24, 2.45) is 0 Å². The van der Waals surface area contributed by atoms with E-state index in [1.54, 1.807) is 6.92 Å². The van der Waals surface area contributed by atoms with Gasteiger partial charge in [0.1, 0.15) is 5.75 Å². The molecular weight excluding hydrogens is 313 g/mol. The minimum atomic E-state index is -4.75. The highest BCUT2D eigenvalue weighted by atomic mass is 79.9. The van der Waals surface area contributed by atoms with Crippen molar-refractivity contribution in [1.82, 2.24) is 0 Å². The van der Waals surface area contributed by atoms with Crippen molar-refractivity contribution in [2.45, 2.75) is 26.1 Å². The minimum Gasteiger partial charge on any atom is -0.405 e. The molecule has 0 atom stereocenters. The smallest absolute Gasteiger partial charge is 0.405 e. The molecule has 0 radical (unpaired) electrons. The Morgan fingerprint density at radius 1 is 1.39 bits per heavy atom. The van der Waals surface area contributed by atoms with E-state index in [1.807, 2.05) is 0 Å². The zero-order chi connectivity index (χ0) is 13.8. The van der Waals surface area contributed by atoms with Gasteiger partial charge in [0.05, 0.1) is 0 Å². The molecule has 0 aliphatic rings. The second-order valence-electron chi connectivity index (χ2n) is 3.59. The third kappa shape index (κ3) is 4.33. The molecule has 0 aliphatic carbocycles. The third-order valence-corrected chi connectivity index (χ3v) is 2.71. The summed E-state index contributed by atoms with van der Waals surface area (Å²) < 4.78 is 40.6. The van der Waals surface area contributed by atoms with Crippen molar-refractivity contribution >= 4 is 21.7 Å². The number of alkyl halides is 4. The van der Waals surface area contributed by atoms with Crippen LogP contribution >= 0.6 is 15.9 Å². The predicted octanol–water partition coefficient (Wildman–Crippen LogP) is 4.12. The van der Waals surface area contributed by atoms with Crippen LogP contribution in [0.2, 0.25) is 0 Å². The lowest BCUT2D eigenvalue weighted by molar-refractivity contribution is -0.274. The monoisotopic (exact) mass is 324 g/mol. The van der Waals surface area contributed by atoms with E-state index in [0.717, 1.165) is 6.07 Å². The number of carbonyl (C=O) groups excluding carboxylic acids is 1. The highest BCUT2D eigenvalue weighted by Gasteiger charge is 2.32. The Balaban J connectivity index is 3.05. The molecule has 0 fully saturated rings. The van der Waals surface area contributed by atoms with Gasteiger partial charge in [-0.1, -0.05) is 35.0 Å². The first-order valence-electron chi connectivity index (χ1n) is 5.35. The number of hydrogen-bond acceptors (Lipinski definition) is 2. The third-order valence-electron chi connectivity index (χ3n) is 2.32. The van der Waals surface area contributed by atoms with Gasteiger partial charge in [-0.3, -0.25) is 4.79 Å². The summed E-state index contributed by atoms with van der Waals surface area (Å²) in [5, 5.41) is 0.469. The zero-order valence-electron chi connectivity index (χ0n) is 9.68. The summed E-state index contributed by atoms with van der Waals surface area (Å²) in [5.74, 6) is -0.521. The molecule has 1 aromatic rings. The average Bonchev–Trinajstić information content (AvgIpc) is 2.27. The van der Waals surface area contributed by atoms with E-state index < -0.39 is 6.36 Å². The summed E-state index contributed by atoms with van der Waals surface area (Å²) in [6.45, 7) is 1.72. The first kappa shape index (κ1) is 15.0. The van der Waals surface area contributed by atoms with Crippen LogP contribution in [0.5, 0.6) is 5.75 Å². The minimum absolute atomic E-state index is 0.221. The Morgan fingerprint density at radius 2 is 2.06 bits per heavy atom. The van der Waals surface area contributed by atoms with Gasteiger partial charge in [0.25, 0.3) is 0 Å². The molecule has 0 heterocycles. The number of rotatable bonds is 5. The maximum Gasteiger partial charge on any atom is 0.573 e. The highest BCUT2D eigenvalue weighted by Crippen LogP contribution is 2.28. The molecule has 0 N–H and O–H groups in total. The van der Waals surface area contributed by atoms with Crippen LogP contribution < -0.4 is 4.74 Å². The van der Waals surface area contributed by atoms with E-state index in [0.29, 0.717) is 17.3 Å². The fraction of sp³-hybridized carbons (Fsp3) is 0.417. The van der Waals surface area contributed by atoms with Crippen molar-refractivity contribution in [2.75, 3.05) is 5.33 Å². The molecule has 0 spiro atoms. The molecular formula is C12H12BrF3O2. The zero-order valence-corrected chi connectivity index (χ0v) is 11.3. The molecule has 0 bridgehead atoms. The van der Waals surface area contributed by atoms with Gasteiger partial charge >= 0.3 is 6.36 Å². The Labute approximate surface area is 111 Å². The fourth-order valence-corrected chi connectivity index (χ4v) is 1.83. The van der Waals surface area contributed by atoms with E-state index in [1.165, 1.54) is 12.1 Å². The Bertz CT molecular complexity index is 430. The summed E-state index contributed by atoms with van der Waals surface area (Å²) in [6.07, 6.45) is -4.11. The summed E-state index contributed by atoms with van der Waals surface area (Å²) in [7, 11) is 0. The van der Waals surface area contributed by atoms with Crippen LogP contribution in [-0.4, -0.2) is 17.5 Å². The number of ether oxygens (including phenoxy) is 1. The van der Waals surface area contributed by atoms with Gasteiger partial charge in [-0.2, -0.15) is 0 Å². The largest absolute Gasteiger partial charge is 0.573 e. The predicted molar refractivity (Wildman–Crippen MR) is 65.2 cm³/mol. The molecule has 0 saturated heterocycles. The van der Waals surface area contributed by atoms with Crippen molar-refractivity contribution in [3.63, 3.8) is 0 Å². The maximum absolute atomic E-state index is 12.2. The van der Waals surface area contributed by atoms with E-state index in [4.69, 9.17) is 0 Å². The Kier molecular flexibility index (Phi) is 5.19. The number of Topliss-reactive ketones (excluding diaryl/α,β-unsaturated/α-hetero) is 1. The van der Waals surface area contributed by atoms with Crippen LogP contribution in [0.25, 0.3) is 0 Å². The second kappa shape index (κ2) is 6.22. The van der Waals surface area contributed by atoms with Crippen LogP contribution in [0, 0.1) is 0 Å². The second-order valence-corrected chi connectivity index (χ2v) is 4.38. The quantitative estimate of drug-likeness (QED) is 0.601. The first-order valence-corrected chi connectivity index (χ1v) is 6.47. The lowest BCUT2D eigenvalue weighted by Gasteiger charge is -2.13. The lowest BCUT2D eigenvalue weighted by Crippen LogP contribution is -2.18. The van der Waals surface area contributed by atoms with Gasteiger partial charge in [-0.15, -0.1) is 13.2 Å². The van der Waals surface area contributed by atoms with Crippen LogP contribution in [-0.2, 0) is 6.42 Å². The number of hydrogen-bond donors (Lipinski definition) is 0. The van der Waals surface area contributed by atoms with Gasteiger partial charge in [-0.05, 0) is 18.1 Å². The number of ketones is 1. The molecule has 0 aromatic heterocycles. The van der Waals surface area contributed by atoms with Crippen LogP contribution in [0.4, 0.5) is 13.2 Å². The lowest BCUT2D eigenvalue weighted by atomic mass is 10.0. The van der Waals surface area contributed by atoms with Crippen LogP contribution in [0.3, 0.4) is 0 Å². The average molecular weight is 325 g/mol. The van der Waals surface area contributed by atoms with Crippen molar-refractivity contribution in [3.8, 4) is 5.75 Å². The molecule has 0 saturated carbocycles. The van der Waals surface area contributed by atoms with Gasteiger partial charge < -0.3 is 4.74 Å². The highest BCUT2D eigenvalue weighted by molar-refractivity contribution is 9.09. The van der Waals surface area contributed by atoms with E-state index >= 15 is 0 Å². The summed E-state index contributed by atoms with van der Waals surface area (Å²) in [4.78, 5) is 11.6. The normalized spacial score (nSPS) is 11.4. The summed E-state index contributed by atoms with van der Waals surface area (Å²) >= 11 is 3.11. The van der Waals surface area contributed by atoms with Gasteiger partial charge in [0, 0.05) is 17.3 Å². The van der Waals surface area contributed by atoms with Crippen LogP contribution in [0.1, 0.15) is 29.3 Å². The number of halogens is 4. The molecule has 100 valence electrons. The van der Waals surface area contributed by atoms with Crippen molar-refractivity contribution in [3.05, 3.63) is 29.3 Å². The molecule has 1 aromatic carbocycles. The topological polar surface area (TPSA) is 26.3 Å². The van der Waals surface area contributed by atoms with E-state index in [9.17, 15) is 18.0 Å². The molecule has 1 rings (SSSR count). The van der Waals surface area contributed by atoms with Crippen molar-refractivity contribution < 1.29 is 22.7 Å². The van der Waals surface area contributed by atoms with Gasteiger partial charge in [0.15, 0.2) is 5.78 Å².